The highest BCUT2D eigenvalue weighted by atomic mass is 32.8. The molecule has 0 saturated carbocycles. The normalized spacial score (nSPS) is 12.5. The average molecular weight is 169 g/mol. The van der Waals surface area contributed by atoms with Crippen LogP contribution < -0.4 is 0 Å². The minimum absolute atomic E-state index is 0.441. The second-order valence-electron chi connectivity index (χ2n) is 2.15. The fourth-order valence-corrected chi connectivity index (χ4v) is 1.38. The number of hydrogen-bond acceptors (Lipinski definition) is 1. The number of rotatable bonds is 2. The molecule has 0 N–H and O–H groups in total. The largest absolute Gasteiger partial charge is 0.278 e. The maximum atomic E-state index is 4.87. The standard InChI is InChI=1S/C8H9S2/c1-7(10-9)8-5-3-2-4-6-8/h2-7H,1H3/q+1. The average Bonchev–Trinajstić information content (AvgIpc) is 2.05. The topological polar surface area (TPSA) is 0 Å². The van der Waals surface area contributed by atoms with E-state index in [1.54, 1.807) is 0 Å². The Morgan fingerprint density at radius 1 is 1.30 bits per heavy atom. The highest BCUT2D eigenvalue weighted by molar-refractivity contribution is 8.18. The molecule has 0 saturated heterocycles. The molecule has 1 unspecified atom stereocenters. The molecule has 0 amide bonds. The van der Waals surface area contributed by atoms with E-state index in [0.29, 0.717) is 5.25 Å². The van der Waals surface area contributed by atoms with Crippen molar-refractivity contribution >= 4 is 21.5 Å². The monoisotopic (exact) mass is 169 g/mol. The van der Waals surface area contributed by atoms with Crippen LogP contribution in [0.3, 0.4) is 0 Å². The van der Waals surface area contributed by atoms with Crippen molar-refractivity contribution in [2.24, 2.45) is 0 Å². The van der Waals surface area contributed by atoms with Crippen molar-refractivity contribution in [2.45, 2.75) is 12.2 Å². The summed E-state index contributed by atoms with van der Waals surface area (Å²) in [5, 5.41) is 0.441. The van der Waals surface area contributed by atoms with Crippen LogP contribution in [0, 0.1) is 0 Å². The zero-order valence-electron chi connectivity index (χ0n) is 5.78. The highest BCUT2D eigenvalue weighted by Crippen LogP contribution is 2.12. The van der Waals surface area contributed by atoms with Crippen LogP contribution in [0.5, 0.6) is 0 Å². The van der Waals surface area contributed by atoms with Crippen molar-refractivity contribution in [1.29, 1.82) is 0 Å². The molecular weight excluding hydrogens is 160 g/mol. The van der Waals surface area contributed by atoms with E-state index in [0.717, 1.165) is 0 Å². The second kappa shape index (κ2) is 3.74. The molecule has 0 bridgehead atoms. The van der Waals surface area contributed by atoms with Gasteiger partial charge in [-0.2, -0.15) is 0 Å². The smallest absolute Gasteiger partial charge is 0.0622 e. The van der Waals surface area contributed by atoms with Crippen molar-refractivity contribution in [3.05, 3.63) is 35.9 Å². The molecular formula is C8H9S2+. The summed E-state index contributed by atoms with van der Waals surface area (Å²) < 4.78 is 0. The zero-order valence-corrected chi connectivity index (χ0v) is 7.41. The lowest BCUT2D eigenvalue weighted by Crippen LogP contribution is -1.87. The van der Waals surface area contributed by atoms with Crippen molar-refractivity contribution in [2.75, 3.05) is 0 Å². The van der Waals surface area contributed by atoms with E-state index in [1.807, 2.05) is 18.2 Å². The highest BCUT2D eigenvalue weighted by Gasteiger charge is 2.11. The molecule has 0 spiro atoms. The number of benzene rings is 1. The molecule has 0 fully saturated rings. The molecule has 1 aromatic rings. The lowest BCUT2D eigenvalue weighted by molar-refractivity contribution is 1.11. The molecule has 0 radical (unpaired) electrons. The molecule has 0 nitrogen and oxygen atoms in total. The summed E-state index contributed by atoms with van der Waals surface area (Å²) in [7, 11) is 1.46. The van der Waals surface area contributed by atoms with Crippen LogP contribution in [-0.2, 0) is 21.5 Å². The van der Waals surface area contributed by atoms with Crippen LogP contribution in [-0.4, -0.2) is 0 Å². The van der Waals surface area contributed by atoms with Gasteiger partial charge < -0.3 is 0 Å². The van der Waals surface area contributed by atoms with Gasteiger partial charge in [0.15, 0.2) is 0 Å². The van der Waals surface area contributed by atoms with Gasteiger partial charge in [-0.05, 0) is 6.92 Å². The van der Waals surface area contributed by atoms with Crippen LogP contribution >= 0.6 is 0 Å². The summed E-state index contributed by atoms with van der Waals surface area (Å²) in [4.78, 5) is 0. The van der Waals surface area contributed by atoms with E-state index in [2.05, 4.69) is 19.1 Å². The Balaban J connectivity index is 2.84. The summed E-state index contributed by atoms with van der Waals surface area (Å²) in [6.07, 6.45) is 0. The third-order valence-electron chi connectivity index (χ3n) is 1.41. The van der Waals surface area contributed by atoms with Gasteiger partial charge in [0.25, 0.3) is 21.5 Å². The van der Waals surface area contributed by atoms with Gasteiger partial charge in [0.05, 0.1) is 0 Å². The van der Waals surface area contributed by atoms with Crippen LogP contribution in [0.2, 0.25) is 0 Å². The minimum Gasteiger partial charge on any atom is -0.0622 e. The quantitative estimate of drug-likeness (QED) is 0.612. The minimum atomic E-state index is 0.441. The fourth-order valence-electron chi connectivity index (χ4n) is 0.780. The van der Waals surface area contributed by atoms with E-state index in [-0.39, 0.29) is 0 Å². The molecule has 0 aliphatic carbocycles. The Morgan fingerprint density at radius 3 is 2.40 bits per heavy atom. The SMILES string of the molecule is CC([S+]=S)c1ccccc1. The molecule has 0 aromatic heterocycles. The maximum absolute atomic E-state index is 4.87. The molecule has 2 heteroatoms. The summed E-state index contributed by atoms with van der Waals surface area (Å²) >= 11 is 4.87. The van der Waals surface area contributed by atoms with Crippen molar-refractivity contribution < 1.29 is 0 Å². The van der Waals surface area contributed by atoms with E-state index < -0.39 is 0 Å². The van der Waals surface area contributed by atoms with Gasteiger partial charge in [0.1, 0.15) is 0 Å². The summed E-state index contributed by atoms with van der Waals surface area (Å²) in [5.74, 6) is 0. The molecule has 0 aliphatic heterocycles. The lowest BCUT2D eigenvalue weighted by atomic mass is 10.2. The predicted molar refractivity (Wildman–Crippen MR) is 49.6 cm³/mol. The Morgan fingerprint density at radius 2 is 1.90 bits per heavy atom. The molecule has 0 heterocycles. The Hall–Kier alpha value is -0.340. The van der Waals surface area contributed by atoms with E-state index in [9.17, 15) is 0 Å². The van der Waals surface area contributed by atoms with E-state index in [1.165, 1.54) is 15.9 Å². The molecule has 1 rings (SSSR count). The molecule has 52 valence electrons. The maximum Gasteiger partial charge on any atom is 0.278 e. The van der Waals surface area contributed by atoms with Crippen molar-refractivity contribution in [3.8, 4) is 0 Å². The first-order valence-electron chi connectivity index (χ1n) is 3.18. The Labute approximate surface area is 69.9 Å². The first-order valence-corrected chi connectivity index (χ1v) is 4.98. The van der Waals surface area contributed by atoms with E-state index >= 15 is 0 Å². The Kier molecular flexibility index (Phi) is 2.90. The predicted octanol–water partition coefficient (Wildman–Crippen LogP) is 2.29. The van der Waals surface area contributed by atoms with E-state index in [4.69, 9.17) is 11.2 Å². The third kappa shape index (κ3) is 1.82. The van der Waals surface area contributed by atoms with Gasteiger partial charge in [-0.3, -0.25) is 0 Å². The van der Waals surface area contributed by atoms with Crippen molar-refractivity contribution in [1.82, 2.24) is 0 Å². The van der Waals surface area contributed by atoms with Gasteiger partial charge in [-0.15, -0.1) is 0 Å². The molecule has 1 aromatic carbocycles. The fraction of sp³-hybridized carbons (Fsp3) is 0.250. The van der Waals surface area contributed by atoms with Crippen LogP contribution in [0.4, 0.5) is 0 Å². The molecule has 1 atom stereocenters. The zero-order chi connectivity index (χ0) is 7.40. The summed E-state index contributed by atoms with van der Waals surface area (Å²) in [5.41, 5.74) is 1.31. The second-order valence-corrected chi connectivity index (χ2v) is 3.63. The first-order chi connectivity index (χ1) is 4.84. The molecule has 0 aliphatic rings. The van der Waals surface area contributed by atoms with Gasteiger partial charge in [0, 0.05) is 5.56 Å². The van der Waals surface area contributed by atoms with Gasteiger partial charge >= 0.3 is 0 Å². The first kappa shape index (κ1) is 7.76. The number of hydrogen-bond donors (Lipinski definition) is 0. The van der Waals surface area contributed by atoms with Crippen LogP contribution in [0.25, 0.3) is 0 Å². The van der Waals surface area contributed by atoms with Crippen molar-refractivity contribution in [3.63, 3.8) is 0 Å². The van der Waals surface area contributed by atoms with Gasteiger partial charge in [0.2, 0.25) is 5.25 Å². The summed E-state index contributed by atoms with van der Waals surface area (Å²) in [6.45, 7) is 2.12. The summed E-state index contributed by atoms with van der Waals surface area (Å²) in [6, 6.07) is 10.3. The third-order valence-corrected chi connectivity index (χ3v) is 2.84. The van der Waals surface area contributed by atoms with Crippen LogP contribution in [0.15, 0.2) is 30.3 Å². The van der Waals surface area contributed by atoms with Gasteiger partial charge in [-0.25, -0.2) is 0 Å². The van der Waals surface area contributed by atoms with Gasteiger partial charge in [-0.1, -0.05) is 30.3 Å². The van der Waals surface area contributed by atoms with Crippen LogP contribution in [0.1, 0.15) is 17.7 Å². The Bertz CT molecular complexity index is 206. The molecule has 10 heavy (non-hydrogen) atoms. The lowest BCUT2D eigenvalue weighted by Gasteiger charge is -1.92.